The van der Waals surface area contributed by atoms with Crippen LogP contribution in [0.25, 0.3) is 11.0 Å². The first-order valence-corrected chi connectivity index (χ1v) is 8.86. The molecule has 134 valence electrons. The van der Waals surface area contributed by atoms with E-state index in [4.69, 9.17) is 4.98 Å². The van der Waals surface area contributed by atoms with E-state index in [0.29, 0.717) is 24.7 Å². The Balaban J connectivity index is 1.39. The molecule has 0 spiro atoms. The number of likely N-dealkylation sites (tertiary alicyclic amines) is 1. The second kappa shape index (κ2) is 6.78. The molecule has 2 amide bonds. The van der Waals surface area contributed by atoms with Crippen LogP contribution in [0.1, 0.15) is 30.1 Å². The highest BCUT2D eigenvalue weighted by atomic mass is 19.1. The minimum atomic E-state index is -0.360. The number of aromatic nitrogens is 2. The lowest BCUT2D eigenvalue weighted by molar-refractivity contribution is 0.193. The normalized spacial score (nSPS) is 15.4. The predicted octanol–water partition coefficient (Wildman–Crippen LogP) is 4.42. The molecule has 0 aliphatic carbocycles. The zero-order valence-electron chi connectivity index (χ0n) is 14.6. The Morgan fingerprint density at radius 3 is 2.81 bits per heavy atom. The van der Waals surface area contributed by atoms with E-state index >= 15 is 0 Å². The van der Waals surface area contributed by atoms with Gasteiger partial charge < -0.3 is 15.2 Å². The highest BCUT2D eigenvalue weighted by Crippen LogP contribution is 2.28. The van der Waals surface area contributed by atoms with E-state index in [1.165, 1.54) is 17.7 Å². The van der Waals surface area contributed by atoms with Crippen LogP contribution < -0.4 is 5.32 Å². The van der Waals surface area contributed by atoms with Crippen molar-refractivity contribution in [1.82, 2.24) is 14.9 Å². The number of piperidine rings is 1. The molecule has 1 saturated heterocycles. The van der Waals surface area contributed by atoms with Gasteiger partial charge in [0.2, 0.25) is 0 Å². The second-order valence-electron chi connectivity index (χ2n) is 6.84. The van der Waals surface area contributed by atoms with E-state index in [0.717, 1.165) is 29.7 Å². The number of anilines is 1. The number of imidazole rings is 1. The average Bonchev–Trinajstić information content (AvgIpc) is 3.05. The van der Waals surface area contributed by atoms with Crippen molar-refractivity contribution < 1.29 is 9.18 Å². The molecule has 26 heavy (non-hydrogen) atoms. The zero-order valence-corrected chi connectivity index (χ0v) is 14.6. The van der Waals surface area contributed by atoms with Crippen molar-refractivity contribution in [2.75, 3.05) is 18.4 Å². The van der Waals surface area contributed by atoms with Crippen molar-refractivity contribution in [3.05, 3.63) is 59.7 Å². The number of carbonyl (C=O) groups excluding carboxylic acids is 1. The first-order chi connectivity index (χ1) is 12.6. The summed E-state index contributed by atoms with van der Waals surface area (Å²) in [7, 11) is 0. The highest BCUT2D eigenvalue weighted by molar-refractivity contribution is 5.89. The number of carbonyl (C=O) groups is 1. The van der Waals surface area contributed by atoms with Crippen LogP contribution in [0.15, 0.2) is 42.5 Å². The molecule has 1 aliphatic rings. The van der Waals surface area contributed by atoms with Crippen molar-refractivity contribution in [2.24, 2.45) is 0 Å². The molecule has 0 bridgehead atoms. The van der Waals surface area contributed by atoms with Gasteiger partial charge in [-0.25, -0.2) is 14.2 Å². The number of hydrogen-bond donors (Lipinski definition) is 2. The Morgan fingerprint density at radius 1 is 1.23 bits per heavy atom. The minimum Gasteiger partial charge on any atom is -0.342 e. The van der Waals surface area contributed by atoms with Crippen LogP contribution in [-0.4, -0.2) is 34.0 Å². The van der Waals surface area contributed by atoms with Crippen LogP contribution in [0.3, 0.4) is 0 Å². The Hall–Kier alpha value is -2.89. The topological polar surface area (TPSA) is 61.0 Å². The first-order valence-electron chi connectivity index (χ1n) is 8.86. The number of amides is 2. The third-order valence-corrected chi connectivity index (χ3v) is 4.90. The standard InChI is InChI=1S/C20H21FN4O/c1-13-5-6-17-18(11-13)24-19(23-17)14-7-9-25(10-8-14)20(26)22-16-4-2-3-15(21)12-16/h2-6,11-12,14H,7-10H2,1H3,(H,22,26)(H,23,24). The lowest BCUT2D eigenvalue weighted by Gasteiger charge is -2.31. The lowest BCUT2D eigenvalue weighted by Crippen LogP contribution is -2.40. The molecule has 2 heterocycles. The summed E-state index contributed by atoms with van der Waals surface area (Å²) >= 11 is 0. The quantitative estimate of drug-likeness (QED) is 0.717. The van der Waals surface area contributed by atoms with Crippen molar-refractivity contribution in [2.45, 2.75) is 25.7 Å². The number of nitrogens with one attached hydrogen (secondary N) is 2. The fourth-order valence-electron chi connectivity index (χ4n) is 3.46. The number of halogens is 1. The summed E-state index contributed by atoms with van der Waals surface area (Å²) in [5.74, 6) is 0.957. The number of benzene rings is 2. The Morgan fingerprint density at radius 2 is 2.04 bits per heavy atom. The number of aromatic amines is 1. The van der Waals surface area contributed by atoms with Crippen molar-refractivity contribution in [3.63, 3.8) is 0 Å². The van der Waals surface area contributed by atoms with Gasteiger partial charge in [-0.05, 0) is 55.7 Å². The summed E-state index contributed by atoms with van der Waals surface area (Å²) in [5.41, 5.74) is 3.73. The van der Waals surface area contributed by atoms with E-state index in [1.807, 2.05) is 6.07 Å². The molecule has 0 radical (unpaired) electrons. The van der Waals surface area contributed by atoms with Gasteiger partial charge in [-0.1, -0.05) is 12.1 Å². The summed E-state index contributed by atoms with van der Waals surface area (Å²) in [4.78, 5) is 22.3. The van der Waals surface area contributed by atoms with Gasteiger partial charge in [0, 0.05) is 24.7 Å². The fraction of sp³-hybridized carbons (Fsp3) is 0.300. The van der Waals surface area contributed by atoms with Gasteiger partial charge in [0.1, 0.15) is 11.6 Å². The molecular formula is C20H21FN4O. The van der Waals surface area contributed by atoms with Gasteiger partial charge in [0.15, 0.2) is 0 Å². The highest BCUT2D eigenvalue weighted by Gasteiger charge is 2.25. The number of rotatable bonds is 2. The molecule has 2 N–H and O–H groups in total. The number of H-pyrrole nitrogens is 1. The van der Waals surface area contributed by atoms with Gasteiger partial charge >= 0.3 is 6.03 Å². The van der Waals surface area contributed by atoms with E-state index < -0.39 is 0 Å². The van der Waals surface area contributed by atoms with E-state index in [-0.39, 0.29) is 11.8 Å². The number of hydrogen-bond acceptors (Lipinski definition) is 2. The number of urea groups is 1. The van der Waals surface area contributed by atoms with Crippen LogP contribution in [0.2, 0.25) is 0 Å². The lowest BCUT2D eigenvalue weighted by atomic mass is 9.96. The molecule has 1 aliphatic heterocycles. The van der Waals surface area contributed by atoms with Crippen LogP contribution in [0, 0.1) is 12.7 Å². The Kier molecular flexibility index (Phi) is 4.32. The zero-order chi connectivity index (χ0) is 18.1. The van der Waals surface area contributed by atoms with Crippen molar-refractivity contribution >= 4 is 22.8 Å². The molecule has 3 aromatic rings. The van der Waals surface area contributed by atoms with Crippen LogP contribution in [0.5, 0.6) is 0 Å². The van der Waals surface area contributed by atoms with Gasteiger partial charge in [-0.3, -0.25) is 0 Å². The molecule has 0 unspecified atom stereocenters. The summed E-state index contributed by atoms with van der Waals surface area (Å²) in [5, 5.41) is 2.76. The SMILES string of the molecule is Cc1ccc2nc(C3CCN(C(=O)Nc4cccc(F)c4)CC3)[nH]c2c1. The number of nitrogens with zero attached hydrogens (tertiary/aromatic N) is 2. The molecule has 0 atom stereocenters. The summed E-state index contributed by atoms with van der Waals surface area (Å²) < 4.78 is 13.2. The molecule has 0 saturated carbocycles. The Bertz CT molecular complexity index is 944. The number of aryl methyl sites for hydroxylation is 1. The summed E-state index contributed by atoms with van der Waals surface area (Å²) in [6.45, 7) is 3.37. The maximum Gasteiger partial charge on any atom is 0.321 e. The molecule has 6 heteroatoms. The molecule has 4 rings (SSSR count). The minimum absolute atomic E-state index is 0.186. The maximum atomic E-state index is 13.2. The molecule has 1 aromatic heterocycles. The maximum absolute atomic E-state index is 13.2. The summed E-state index contributed by atoms with van der Waals surface area (Å²) in [6, 6.07) is 12.0. The molecule has 5 nitrogen and oxygen atoms in total. The van der Waals surface area contributed by atoms with E-state index in [9.17, 15) is 9.18 Å². The van der Waals surface area contributed by atoms with Crippen LogP contribution in [0.4, 0.5) is 14.9 Å². The average molecular weight is 352 g/mol. The van der Waals surface area contributed by atoms with Crippen molar-refractivity contribution in [3.8, 4) is 0 Å². The smallest absolute Gasteiger partial charge is 0.321 e. The van der Waals surface area contributed by atoms with E-state index in [2.05, 4.69) is 29.4 Å². The van der Waals surface area contributed by atoms with Crippen molar-refractivity contribution in [1.29, 1.82) is 0 Å². The predicted molar refractivity (Wildman–Crippen MR) is 99.8 cm³/mol. The molecular weight excluding hydrogens is 331 g/mol. The second-order valence-corrected chi connectivity index (χ2v) is 6.84. The van der Waals surface area contributed by atoms with Crippen LogP contribution in [-0.2, 0) is 0 Å². The monoisotopic (exact) mass is 352 g/mol. The third-order valence-electron chi connectivity index (χ3n) is 4.90. The largest absolute Gasteiger partial charge is 0.342 e. The molecule has 1 fully saturated rings. The van der Waals surface area contributed by atoms with Crippen LogP contribution >= 0.6 is 0 Å². The first kappa shape index (κ1) is 16.6. The third kappa shape index (κ3) is 3.40. The summed E-state index contributed by atoms with van der Waals surface area (Å²) in [6.07, 6.45) is 1.71. The van der Waals surface area contributed by atoms with Gasteiger partial charge in [0.05, 0.1) is 11.0 Å². The fourth-order valence-corrected chi connectivity index (χ4v) is 3.46. The van der Waals surface area contributed by atoms with Gasteiger partial charge in [-0.2, -0.15) is 0 Å². The Labute approximate surface area is 151 Å². The number of fused-ring (bicyclic) bond motifs is 1. The molecule has 2 aromatic carbocycles. The van der Waals surface area contributed by atoms with Gasteiger partial charge in [0.25, 0.3) is 0 Å². The van der Waals surface area contributed by atoms with E-state index in [1.54, 1.807) is 17.0 Å². The van der Waals surface area contributed by atoms with Gasteiger partial charge in [-0.15, -0.1) is 0 Å².